The summed E-state index contributed by atoms with van der Waals surface area (Å²) in [7, 11) is -2.76. The predicted molar refractivity (Wildman–Crippen MR) is 107 cm³/mol. The molecular formula is C16H22BrN5O2S. The highest BCUT2D eigenvalue weighted by atomic mass is 79.9. The summed E-state index contributed by atoms with van der Waals surface area (Å²) in [5, 5.41) is 21.4. The van der Waals surface area contributed by atoms with Crippen LogP contribution in [-0.2, 0) is 9.71 Å². The number of aliphatic hydroxyl groups excluding tert-OH is 1. The van der Waals surface area contributed by atoms with Crippen molar-refractivity contribution in [1.82, 2.24) is 9.97 Å². The minimum absolute atomic E-state index is 0.171. The second-order valence-corrected chi connectivity index (χ2v) is 8.64. The molecule has 0 radical (unpaired) electrons. The Labute approximate surface area is 156 Å². The van der Waals surface area contributed by atoms with Gasteiger partial charge in [0.25, 0.3) is 0 Å². The zero-order chi connectivity index (χ0) is 18.8. The number of nitrogens with zero attached hydrogens (tertiary/aromatic N) is 2. The number of aliphatic hydroxyl groups is 1. The number of benzene rings is 1. The van der Waals surface area contributed by atoms with Crippen LogP contribution in [0.5, 0.6) is 0 Å². The van der Waals surface area contributed by atoms with Crippen LogP contribution in [0.1, 0.15) is 19.4 Å². The molecule has 0 saturated carbocycles. The molecule has 0 saturated heterocycles. The number of rotatable bonds is 6. The summed E-state index contributed by atoms with van der Waals surface area (Å²) in [5.41, 5.74) is 1.51. The van der Waals surface area contributed by atoms with Gasteiger partial charge in [0, 0.05) is 16.8 Å². The van der Waals surface area contributed by atoms with Gasteiger partial charge in [-0.15, -0.1) is 0 Å². The van der Waals surface area contributed by atoms with E-state index in [1.807, 2.05) is 19.9 Å². The van der Waals surface area contributed by atoms with Gasteiger partial charge in [-0.3, -0.25) is 5.14 Å². The Morgan fingerprint density at radius 1 is 1.40 bits per heavy atom. The van der Waals surface area contributed by atoms with Gasteiger partial charge in [0.05, 0.1) is 26.3 Å². The molecule has 0 bridgehead atoms. The summed E-state index contributed by atoms with van der Waals surface area (Å²) in [4.78, 5) is 9.14. The minimum atomic E-state index is -2.76. The number of aryl methyl sites for hydroxylation is 1. The molecule has 1 heterocycles. The van der Waals surface area contributed by atoms with E-state index < -0.39 is 15.8 Å². The predicted octanol–water partition coefficient (Wildman–Crippen LogP) is 2.42. The number of hydrogen-bond acceptors (Lipinski definition) is 6. The molecule has 0 fully saturated rings. The van der Waals surface area contributed by atoms with Crippen LogP contribution in [0.15, 0.2) is 33.8 Å². The molecular weight excluding hydrogens is 406 g/mol. The third-order valence-corrected chi connectivity index (χ3v) is 5.42. The fourth-order valence-corrected chi connectivity index (χ4v) is 3.32. The molecule has 1 aromatic heterocycles. The zero-order valence-electron chi connectivity index (χ0n) is 14.3. The van der Waals surface area contributed by atoms with Crippen molar-refractivity contribution in [1.29, 1.82) is 0 Å². The molecule has 5 N–H and O–H groups in total. The van der Waals surface area contributed by atoms with Crippen LogP contribution in [0.2, 0.25) is 0 Å². The van der Waals surface area contributed by atoms with Gasteiger partial charge in [0.1, 0.15) is 5.82 Å². The number of aromatic nitrogens is 2. The molecule has 25 heavy (non-hydrogen) atoms. The van der Waals surface area contributed by atoms with E-state index in [9.17, 15) is 9.32 Å². The first-order valence-electron chi connectivity index (χ1n) is 7.57. The molecule has 1 unspecified atom stereocenters. The van der Waals surface area contributed by atoms with Crippen molar-refractivity contribution < 1.29 is 9.32 Å². The Bertz CT molecular complexity index is 871. The average Bonchev–Trinajstić information content (AvgIpc) is 2.49. The molecule has 1 aromatic carbocycles. The standard InChI is InChI=1S/C16H22BrN5O2S/c1-9-7-12(5-6-14(9)25(4,18)24)21-16-19-8-13(17)15(22-16)20-10(2)11(3)23/h5-8,10-11,23H,4H2,1-3H3,(H2,18,24)(H2,19,20,21,22)/t10-,11-,25?/m1/s1. The van der Waals surface area contributed by atoms with E-state index >= 15 is 0 Å². The summed E-state index contributed by atoms with van der Waals surface area (Å²) < 4.78 is 12.6. The van der Waals surface area contributed by atoms with Crippen molar-refractivity contribution in [3.8, 4) is 0 Å². The molecule has 2 aromatic rings. The van der Waals surface area contributed by atoms with Gasteiger partial charge < -0.3 is 15.7 Å². The molecule has 9 heteroatoms. The van der Waals surface area contributed by atoms with Crippen molar-refractivity contribution in [2.75, 3.05) is 10.6 Å². The van der Waals surface area contributed by atoms with Crippen molar-refractivity contribution in [2.24, 2.45) is 5.14 Å². The summed E-state index contributed by atoms with van der Waals surface area (Å²) in [5.74, 6) is 4.46. The summed E-state index contributed by atoms with van der Waals surface area (Å²) in [6.07, 6.45) is 1.10. The Kier molecular flexibility index (Phi) is 6.04. The molecule has 0 spiro atoms. The number of hydrogen-bond donors (Lipinski definition) is 4. The minimum Gasteiger partial charge on any atom is -0.391 e. The first kappa shape index (κ1) is 19.6. The Hall–Kier alpha value is -1.68. The highest BCUT2D eigenvalue weighted by Gasteiger charge is 2.13. The van der Waals surface area contributed by atoms with E-state index in [-0.39, 0.29) is 6.04 Å². The van der Waals surface area contributed by atoms with Gasteiger partial charge >= 0.3 is 0 Å². The van der Waals surface area contributed by atoms with Crippen LogP contribution in [0.25, 0.3) is 0 Å². The van der Waals surface area contributed by atoms with Gasteiger partial charge in [-0.2, -0.15) is 4.98 Å². The highest BCUT2D eigenvalue weighted by Crippen LogP contribution is 2.24. The molecule has 3 atom stereocenters. The smallest absolute Gasteiger partial charge is 0.229 e. The van der Waals surface area contributed by atoms with Crippen LogP contribution < -0.4 is 15.8 Å². The van der Waals surface area contributed by atoms with Crippen LogP contribution in [0.3, 0.4) is 0 Å². The number of nitrogens with two attached hydrogens (primary N) is 1. The van der Waals surface area contributed by atoms with E-state index in [1.54, 1.807) is 25.3 Å². The first-order chi connectivity index (χ1) is 11.6. The second kappa shape index (κ2) is 7.69. The summed E-state index contributed by atoms with van der Waals surface area (Å²) in [6.45, 7) is 5.38. The third kappa shape index (κ3) is 5.15. The Balaban J connectivity index is 2.25. The maximum absolute atomic E-state index is 11.9. The highest BCUT2D eigenvalue weighted by molar-refractivity contribution is 9.10. The number of nitrogens with one attached hydrogen (secondary N) is 2. The van der Waals surface area contributed by atoms with Gasteiger partial charge in [0.2, 0.25) is 5.95 Å². The largest absolute Gasteiger partial charge is 0.391 e. The maximum Gasteiger partial charge on any atom is 0.229 e. The SMILES string of the molecule is C=S(N)(=O)c1ccc(Nc2ncc(Br)c(N[C@H](C)[C@@H](C)O)n2)cc1C. The lowest BCUT2D eigenvalue weighted by molar-refractivity contribution is 0.177. The van der Waals surface area contributed by atoms with E-state index in [2.05, 4.69) is 42.4 Å². The third-order valence-electron chi connectivity index (χ3n) is 3.64. The van der Waals surface area contributed by atoms with Crippen molar-refractivity contribution >= 4 is 49.0 Å². The molecule has 0 aliphatic rings. The molecule has 136 valence electrons. The van der Waals surface area contributed by atoms with Gasteiger partial charge in [0.15, 0.2) is 0 Å². The summed E-state index contributed by atoms with van der Waals surface area (Å²) in [6, 6.07) is 5.07. The fraction of sp³-hybridized carbons (Fsp3) is 0.312. The average molecular weight is 428 g/mol. The fourth-order valence-electron chi connectivity index (χ4n) is 2.11. The van der Waals surface area contributed by atoms with Crippen molar-refractivity contribution in [2.45, 2.75) is 37.8 Å². The topological polar surface area (TPSA) is 113 Å². The van der Waals surface area contributed by atoms with E-state index in [1.165, 1.54) is 0 Å². The zero-order valence-corrected chi connectivity index (χ0v) is 16.7. The lowest BCUT2D eigenvalue weighted by Crippen LogP contribution is -2.28. The quantitative estimate of drug-likeness (QED) is 0.526. The van der Waals surface area contributed by atoms with Crippen LogP contribution in [0, 0.1) is 6.92 Å². The van der Waals surface area contributed by atoms with Gasteiger partial charge in [-0.25, -0.2) is 9.19 Å². The summed E-state index contributed by atoms with van der Waals surface area (Å²) >= 11 is 3.39. The normalized spacial score (nSPS) is 15.9. The Morgan fingerprint density at radius 3 is 2.64 bits per heavy atom. The number of halogens is 1. The van der Waals surface area contributed by atoms with Gasteiger partial charge in [-0.05, 0) is 66.3 Å². The molecule has 0 aliphatic carbocycles. The lowest BCUT2D eigenvalue weighted by atomic mass is 10.2. The van der Waals surface area contributed by atoms with Crippen molar-refractivity contribution in [3.63, 3.8) is 0 Å². The monoisotopic (exact) mass is 427 g/mol. The van der Waals surface area contributed by atoms with Crippen LogP contribution >= 0.6 is 15.9 Å². The maximum atomic E-state index is 11.9. The second-order valence-electron chi connectivity index (χ2n) is 5.90. The van der Waals surface area contributed by atoms with Gasteiger partial charge in [-0.1, -0.05) is 0 Å². The Morgan fingerprint density at radius 2 is 2.08 bits per heavy atom. The van der Waals surface area contributed by atoms with Crippen LogP contribution in [-0.4, -0.2) is 37.3 Å². The van der Waals surface area contributed by atoms with Crippen molar-refractivity contribution in [3.05, 3.63) is 34.4 Å². The number of anilines is 3. The molecule has 0 aliphatic heterocycles. The molecule has 2 rings (SSSR count). The lowest BCUT2D eigenvalue weighted by Gasteiger charge is -2.18. The van der Waals surface area contributed by atoms with E-state index in [4.69, 9.17) is 5.14 Å². The molecule has 0 amide bonds. The van der Waals surface area contributed by atoms with E-state index in [0.717, 1.165) is 11.3 Å². The first-order valence-corrected chi connectivity index (χ1v) is 10.2. The van der Waals surface area contributed by atoms with E-state index in [0.29, 0.717) is 21.1 Å². The molecule has 7 nitrogen and oxygen atoms in total. The van der Waals surface area contributed by atoms with Crippen LogP contribution in [0.4, 0.5) is 17.5 Å².